The highest BCUT2D eigenvalue weighted by molar-refractivity contribution is 6.03. The Bertz CT molecular complexity index is 538. The first-order valence-corrected chi connectivity index (χ1v) is 5.52. The summed E-state index contributed by atoms with van der Waals surface area (Å²) in [5.74, 6) is 0.412. The van der Waals surface area contributed by atoms with Crippen LogP contribution in [0.5, 0.6) is 0 Å². The Morgan fingerprint density at radius 1 is 1.59 bits per heavy atom. The molecule has 0 radical (unpaired) electrons. The van der Waals surface area contributed by atoms with Crippen molar-refractivity contribution >= 4 is 17.4 Å². The molecule has 4 N–H and O–H groups in total. The molecule has 1 saturated carbocycles. The van der Waals surface area contributed by atoms with Crippen LogP contribution in [0.2, 0.25) is 0 Å². The topological polar surface area (TPSA) is 88.7 Å². The van der Waals surface area contributed by atoms with Gasteiger partial charge in [0.25, 0.3) is 5.91 Å². The molecule has 0 unspecified atom stereocenters. The summed E-state index contributed by atoms with van der Waals surface area (Å²) in [6.45, 7) is 0. The second-order valence-corrected chi connectivity index (χ2v) is 4.22. The number of hydrogen-bond donors (Lipinski definition) is 3. The molecule has 2 aromatic rings. The summed E-state index contributed by atoms with van der Waals surface area (Å²) in [4.78, 5) is 12.0. The van der Waals surface area contributed by atoms with Gasteiger partial charge in [-0.15, -0.1) is 0 Å². The molecular weight excluding hydrogens is 218 g/mol. The van der Waals surface area contributed by atoms with Crippen LogP contribution in [0.15, 0.2) is 24.5 Å². The maximum Gasteiger partial charge on any atom is 0.273 e. The van der Waals surface area contributed by atoms with E-state index in [2.05, 4.69) is 15.5 Å². The lowest BCUT2D eigenvalue weighted by atomic mass is 10.3. The standard InChI is InChI=1S/C11H13N5O/c12-7-5-9(16(6-7)8-1-2-8)11(17)14-10-3-4-13-15-10/h3-6,8H,1-2,12H2,(H2,13,14,15,17). The molecule has 6 heteroatoms. The smallest absolute Gasteiger partial charge is 0.273 e. The second kappa shape index (κ2) is 3.65. The molecule has 2 aromatic heterocycles. The van der Waals surface area contributed by atoms with E-state index < -0.39 is 0 Å². The van der Waals surface area contributed by atoms with Crippen LogP contribution >= 0.6 is 0 Å². The van der Waals surface area contributed by atoms with Gasteiger partial charge < -0.3 is 15.6 Å². The third-order valence-corrected chi connectivity index (χ3v) is 2.79. The van der Waals surface area contributed by atoms with Crippen LogP contribution in [0.25, 0.3) is 0 Å². The molecule has 3 rings (SSSR count). The van der Waals surface area contributed by atoms with Crippen molar-refractivity contribution in [3.63, 3.8) is 0 Å². The molecule has 0 spiro atoms. The monoisotopic (exact) mass is 231 g/mol. The zero-order valence-corrected chi connectivity index (χ0v) is 9.18. The fraction of sp³-hybridized carbons (Fsp3) is 0.273. The first kappa shape index (κ1) is 9.95. The highest BCUT2D eigenvalue weighted by atomic mass is 16.2. The van der Waals surface area contributed by atoms with Crippen molar-refractivity contribution in [2.45, 2.75) is 18.9 Å². The minimum atomic E-state index is -0.169. The third-order valence-electron chi connectivity index (χ3n) is 2.79. The van der Waals surface area contributed by atoms with Crippen molar-refractivity contribution in [2.24, 2.45) is 0 Å². The summed E-state index contributed by atoms with van der Waals surface area (Å²) in [7, 11) is 0. The minimum Gasteiger partial charge on any atom is -0.397 e. The summed E-state index contributed by atoms with van der Waals surface area (Å²) in [6.07, 6.45) is 5.63. The zero-order chi connectivity index (χ0) is 11.8. The van der Waals surface area contributed by atoms with E-state index >= 15 is 0 Å². The van der Waals surface area contributed by atoms with E-state index in [9.17, 15) is 4.79 Å². The molecule has 88 valence electrons. The molecule has 2 heterocycles. The van der Waals surface area contributed by atoms with E-state index in [1.54, 1.807) is 18.3 Å². The summed E-state index contributed by atoms with van der Waals surface area (Å²) in [5.41, 5.74) is 6.95. The van der Waals surface area contributed by atoms with Crippen LogP contribution in [0.1, 0.15) is 29.4 Å². The van der Waals surface area contributed by atoms with Gasteiger partial charge >= 0.3 is 0 Å². The van der Waals surface area contributed by atoms with Crippen molar-refractivity contribution in [3.05, 3.63) is 30.2 Å². The van der Waals surface area contributed by atoms with Gasteiger partial charge in [0.15, 0.2) is 0 Å². The van der Waals surface area contributed by atoms with Gasteiger partial charge in [0, 0.05) is 18.3 Å². The number of aromatic amines is 1. The predicted octanol–water partition coefficient (Wildman–Crippen LogP) is 1.38. The number of rotatable bonds is 3. The van der Waals surface area contributed by atoms with Crippen LogP contribution in [0.4, 0.5) is 11.5 Å². The number of nitrogens with one attached hydrogen (secondary N) is 2. The van der Waals surface area contributed by atoms with Gasteiger partial charge in [-0.3, -0.25) is 9.89 Å². The normalized spacial score (nSPS) is 14.8. The molecule has 1 aliphatic rings. The maximum absolute atomic E-state index is 12.0. The molecular formula is C11H13N5O. The van der Waals surface area contributed by atoms with Crippen LogP contribution in [-0.4, -0.2) is 20.7 Å². The van der Waals surface area contributed by atoms with Crippen molar-refractivity contribution < 1.29 is 4.79 Å². The van der Waals surface area contributed by atoms with E-state index in [1.807, 2.05) is 10.8 Å². The molecule has 1 aliphatic carbocycles. The molecule has 6 nitrogen and oxygen atoms in total. The Morgan fingerprint density at radius 2 is 2.41 bits per heavy atom. The summed E-state index contributed by atoms with van der Waals surface area (Å²) in [5, 5.41) is 9.20. The van der Waals surface area contributed by atoms with Crippen molar-refractivity contribution in [1.82, 2.24) is 14.8 Å². The molecule has 0 aromatic carbocycles. The number of hydrogen-bond acceptors (Lipinski definition) is 3. The van der Waals surface area contributed by atoms with Crippen LogP contribution in [-0.2, 0) is 0 Å². The Morgan fingerprint density at radius 3 is 3.06 bits per heavy atom. The van der Waals surface area contributed by atoms with Gasteiger partial charge in [-0.1, -0.05) is 0 Å². The number of nitrogen functional groups attached to an aromatic ring is 1. The number of carbonyl (C=O) groups excluding carboxylic acids is 1. The fourth-order valence-electron chi connectivity index (χ4n) is 1.85. The van der Waals surface area contributed by atoms with Gasteiger partial charge in [-0.2, -0.15) is 5.10 Å². The lowest BCUT2D eigenvalue weighted by molar-refractivity contribution is 0.101. The molecule has 0 bridgehead atoms. The number of anilines is 2. The number of nitrogens with two attached hydrogens (primary N) is 1. The summed E-state index contributed by atoms with van der Waals surface area (Å²) < 4.78 is 1.95. The van der Waals surface area contributed by atoms with Crippen molar-refractivity contribution in [1.29, 1.82) is 0 Å². The first-order chi connectivity index (χ1) is 8.24. The summed E-state index contributed by atoms with van der Waals surface area (Å²) >= 11 is 0. The van der Waals surface area contributed by atoms with Gasteiger partial charge in [0.05, 0.1) is 11.9 Å². The SMILES string of the molecule is Nc1cc(C(=O)Nc2ccn[nH]2)n(C2CC2)c1. The molecule has 1 amide bonds. The third kappa shape index (κ3) is 1.89. The number of carbonyl (C=O) groups is 1. The molecule has 0 atom stereocenters. The number of H-pyrrole nitrogens is 1. The van der Waals surface area contributed by atoms with Gasteiger partial charge in [0.2, 0.25) is 0 Å². The largest absolute Gasteiger partial charge is 0.397 e. The lowest BCUT2D eigenvalue weighted by Crippen LogP contribution is -2.16. The van der Waals surface area contributed by atoms with Gasteiger partial charge in [-0.05, 0) is 18.9 Å². The number of aromatic nitrogens is 3. The van der Waals surface area contributed by atoms with E-state index in [-0.39, 0.29) is 5.91 Å². The Hall–Kier alpha value is -2.24. The predicted molar refractivity (Wildman–Crippen MR) is 63.7 cm³/mol. The Labute approximate surface area is 97.8 Å². The van der Waals surface area contributed by atoms with Gasteiger partial charge in [-0.25, -0.2) is 0 Å². The van der Waals surface area contributed by atoms with E-state index in [0.29, 0.717) is 23.2 Å². The van der Waals surface area contributed by atoms with Crippen molar-refractivity contribution in [3.8, 4) is 0 Å². The number of amides is 1. The van der Waals surface area contributed by atoms with Crippen LogP contribution < -0.4 is 11.1 Å². The maximum atomic E-state index is 12.0. The Balaban J connectivity index is 1.85. The molecule has 0 aliphatic heterocycles. The highest BCUT2D eigenvalue weighted by Gasteiger charge is 2.27. The lowest BCUT2D eigenvalue weighted by Gasteiger charge is -2.06. The van der Waals surface area contributed by atoms with Crippen molar-refractivity contribution in [2.75, 3.05) is 11.1 Å². The van der Waals surface area contributed by atoms with Crippen LogP contribution in [0, 0.1) is 0 Å². The minimum absolute atomic E-state index is 0.169. The number of nitrogens with zero attached hydrogens (tertiary/aromatic N) is 2. The highest BCUT2D eigenvalue weighted by Crippen LogP contribution is 2.37. The Kier molecular flexibility index (Phi) is 2.14. The van der Waals surface area contributed by atoms with E-state index in [0.717, 1.165) is 12.8 Å². The van der Waals surface area contributed by atoms with E-state index in [1.165, 1.54) is 0 Å². The van der Waals surface area contributed by atoms with E-state index in [4.69, 9.17) is 5.73 Å². The molecule has 0 saturated heterocycles. The summed E-state index contributed by atoms with van der Waals surface area (Å²) in [6, 6.07) is 3.82. The average Bonchev–Trinajstić information content (AvgIpc) is 2.88. The zero-order valence-electron chi connectivity index (χ0n) is 9.18. The molecule has 1 fully saturated rings. The molecule has 17 heavy (non-hydrogen) atoms. The first-order valence-electron chi connectivity index (χ1n) is 5.52. The van der Waals surface area contributed by atoms with Gasteiger partial charge in [0.1, 0.15) is 11.5 Å². The fourth-order valence-corrected chi connectivity index (χ4v) is 1.85. The van der Waals surface area contributed by atoms with Crippen LogP contribution in [0.3, 0.4) is 0 Å². The second-order valence-electron chi connectivity index (χ2n) is 4.22. The average molecular weight is 231 g/mol. The quantitative estimate of drug-likeness (QED) is 0.745.